The van der Waals surface area contributed by atoms with Crippen LogP contribution in [-0.4, -0.2) is 40.6 Å². The predicted octanol–water partition coefficient (Wildman–Crippen LogP) is 2.61. The maximum absolute atomic E-state index is 11.1. The third-order valence-electron chi connectivity index (χ3n) is 5.60. The summed E-state index contributed by atoms with van der Waals surface area (Å²) < 4.78 is 0. The number of carboxylic acids is 1. The second-order valence-electron chi connectivity index (χ2n) is 7.37. The average Bonchev–Trinajstić information content (AvgIpc) is 2.39. The Labute approximate surface area is 122 Å². The van der Waals surface area contributed by atoms with Crippen LogP contribution in [0.3, 0.4) is 0 Å². The Balaban J connectivity index is 1.85. The van der Waals surface area contributed by atoms with E-state index in [-0.39, 0.29) is 6.04 Å². The van der Waals surface area contributed by atoms with Gasteiger partial charge in [-0.1, -0.05) is 19.3 Å². The molecule has 1 saturated carbocycles. The lowest BCUT2D eigenvalue weighted by Gasteiger charge is -2.46. The normalized spacial score (nSPS) is 27.9. The van der Waals surface area contributed by atoms with Crippen molar-refractivity contribution in [3.63, 3.8) is 0 Å². The van der Waals surface area contributed by atoms with Crippen LogP contribution in [-0.2, 0) is 4.79 Å². The van der Waals surface area contributed by atoms with Gasteiger partial charge in [0.15, 0.2) is 0 Å². The highest BCUT2D eigenvalue weighted by Gasteiger charge is 2.38. The highest BCUT2D eigenvalue weighted by Crippen LogP contribution is 2.44. The molecule has 0 radical (unpaired) electrons. The predicted molar refractivity (Wildman–Crippen MR) is 80.6 cm³/mol. The van der Waals surface area contributed by atoms with Crippen molar-refractivity contribution in [2.75, 3.05) is 13.1 Å². The molecular formula is C16H30N2O2. The topological polar surface area (TPSA) is 66.6 Å². The van der Waals surface area contributed by atoms with Gasteiger partial charge >= 0.3 is 5.97 Å². The molecule has 4 heteroatoms. The molecular weight excluding hydrogens is 252 g/mol. The minimum atomic E-state index is -1.11. The van der Waals surface area contributed by atoms with Crippen LogP contribution < -0.4 is 5.73 Å². The molecule has 2 rings (SSSR count). The summed E-state index contributed by atoms with van der Waals surface area (Å²) >= 11 is 0. The molecule has 0 aromatic heterocycles. The lowest BCUT2D eigenvalue weighted by molar-refractivity contribution is -0.143. The first kappa shape index (κ1) is 15.8. The molecule has 116 valence electrons. The molecule has 2 atom stereocenters. The minimum Gasteiger partial charge on any atom is -0.480 e. The van der Waals surface area contributed by atoms with Crippen molar-refractivity contribution in [1.29, 1.82) is 0 Å². The van der Waals surface area contributed by atoms with E-state index < -0.39 is 11.5 Å². The SMILES string of the molecule is CC(CC(C)(N)C(=O)O)N1CCC2(CCCCC2)CC1. The molecule has 0 bridgehead atoms. The standard InChI is InChI=1S/C16H30N2O2/c1-13(12-15(2,17)14(19)20)18-10-8-16(9-11-18)6-4-3-5-7-16/h13H,3-12,17H2,1-2H3,(H,19,20). The minimum absolute atomic E-state index is 0.252. The van der Waals surface area contributed by atoms with E-state index in [2.05, 4.69) is 11.8 Å². The van der Waals surface area contributed by atoms with Gasteiger partial charge in [-0.05, 0) is 64.5 Å². The molecule has 1 saturated heterocycles. The summed E-state index contributed by atoms with van der Waals surface area (Å²) in [5.41, 5.74) is 5.37. The molecule has 0 amide bonds. The summed E-state index contributed by atoms with van der Waals surface area (Å²) in [4.78, 5) is 13.6. The van der Waals surface area contributed by atoms with Crippen molar-refractivity contribution in [2.24, 2.45) is 11.1 Å². The Kier molecular flexibility index (Phi) is 4.75. The largest absolute Gasteiger partial charge is 0.480 e. The average molecular weight is 282 g/mol. The Morgan fingerprint density at radius 3 is 2.30 bits per heavy atom. The Morgan fingerprint density at radius 2 is 1.80 bits per heavy atom. The lowest BCUT2D eigenvalue weighted by atomic mass is 9.68. The number of aliphatic carboxylic acids is 1. The number of nitrogens with zero attached hydrogens (tertiary/aromatic N) is 1. The van der Waals surface area contributed by atoms with Crippen LogP contribution in [0, 0.1) is 5.41 Å². The second-order valence-corrected chi connectivity index (χ2v) is 7.37. The molecule has 20 heavy (non-hydrogen) atoms. The Bertz CT molecular complexity index is 338. The third kappa shape index (κ3) is 3.53. The molecule has 1 aliphatic carbocycles. The van der Waals surface area contributed by atoms with Crippen molar-refractivity contribution in [3.05, 3.63) is 0 Å². The number of likely N-dealkylation sites (tertiary alicyclic amines) is 1. The monoisotopic (exact) mass is 282 g/mol. The number of nitrogens with two attached hydrogens (primary N) is 1. The van der Waals surface area contributed by atoms with Crippen LogP contribution >= 0.6 is 0 Å². The van der Waals surface area contributed by atoms with Crippen LogP contribution in [0.25, 0.3) is 0 Å². The van der Waals surface area contributed by atoms with E-state index in [1.54, 1.807) is 6.92 Å². The highest BCUT2D eigenvalue weighted by molar-refractivity contribution is 5.77. The molecule has 1 heterocycles. The fourth-order valence-electron chi connectivity index (χ4n) is 4.07. The quantitative estimate of drug-likeness (QED) is 0.832. The highest BCUT2D eigenvalue weighted by atomic mass is 16.4. The number of hydrogen-bond donors (Lipinski definition) is 2. The van der Waals surface area contributed by atoms with E-state index in [1.165, 1.54) is 44.9 Å². The van der Waals surface area contributed by atoms with Crippen molar-refractivity contribution >= 4 is 5.97 Å². The van der Waals surface area contributed by atoms with Crippen LogP contribution in [0.2, 0.25) is 0 Å². The molecule has 2 aliphatic rings. The van der Waals surface area contributed by atoms with Gasteiger partial charge in [0.2, 0.25) is 0 Å². The van der Waals surface area contributed by atoms with E-state index in [0.29, 0.717) is 11.8 Å². The summed E-state index contributed by atoms with van der Waals surface area (Å²) in [6.45, 7) is 5.96. The van der Waals surface area contributed by atoms with E-state index in [4.69, 9.17) is 10.8 Å². The third-order valence-corrected chi connectivity index (χ3v) is 5.60. The summed E-state index contributed by atoms with van der Waals surface area (Å²) in [5, 5.41) is 9.14. The smallest absolute Gasteiger partial charge is 0.323 e. The Hall–Kier alpha value is -0.610. The molecule has 2 unspecified atom stereocenters. The number of carboxylic acid groups (broad SMARTS) is 1. The lowest BCUT2D eigenvalue weighted by Crippen LogP contribution is -2.52. The van der Waals surface area contributed by atoms with Gasteiger partial charge in [0, 0.05) is 6.04 Å². The molecule has 1 spiro atoms. The van der Waals surface area contributed by atoms with Gasteiger partial charge in [-0.25, -0.2) is 0 Å². The number of carbonyl (C=O) groups is 1. The van der Waals surface area contributed by atoms with Crippen molar-refractivity contribution in [1.82, 2.24) is 4.90 Å². The van der Waals surface area contributed by atoms with E-state index in [9.17, 15) is 4.79 Å². The van der Waals surface area contributed by atoms with Gasteiger partial charge in [0.25, 0.3) is 0 Å². The second kappa shape index (κ2) is 6.02. The summed E-state index contributed by atoms with van der Waals surface area (Å²) in [6, 6.07) is 0.252. The van der Waals surface area contributed by atoms with Crippen molar-refractivity contribution in [3.8, 4) is 0 Å². The van der Waals surface area contributed by atoms with Crippen molar-refractivity contribution < 1.29 is 9.90 Å². The first-order valence-corrected chi connectivity index (χ1v) is 8.11. The van der Waals surface area contributed by atoms with Crippen molar-refractivity contribution in [2.45, 2.75) is 76.8 Å². The van der Waals surface area contributed by atoms with Gasteiger partial charge in [0.05, 0.1) is 0 Å². The zero-order chi connectivity index (χ0) is 14.8. The number of rotatable bonds is 4. The van der Waals surface area contributed by atoms with Gasteiger partial charge in [-0.2, -0.15) is 0 Å². The van der Waals surface area contributed by atoms with Crippen LogP contribution in [0.4, 0.5) is 0 Å². The molecule has 2 fully saturated rings. The summed E-state index contributed by atoms with van der Waals surface area (Å²) in [6.07, 6.45) is 10.1. The zero-order valence-corrected chi connectivity index (χ0v) is 13.0. The number of piperidine rings is 1. The summed E-state index contributed by atoms with van der Waals surface area (Å²) in [5.74, 6) is -0.898. The van der Waals surface area contributed by atoms with Crippen LogP contribution in [0.1, 0.15) is 65.2 Å². The van der Waals surface area contributed by atoms with Gasteiger partial charge in [-0.3, -0.25) is 4.79 Å². The zero-order valence-electron chi connectivity index (χ0n) is 13.0. The van der Waals surface area contributed by atoms with Crippen LogP contribution in [0.5, 0.6) is 0 Å². The Morgan fingerprint density at radius 1 is 1.25 bits per heavy atom. The van der Waals surface area contributed by atoms with E-state index in [0.717, 1.165) is 13.1 Å². The molecule has 3 N–H and O–H groups in total. The fourth-order valence-corrected chi connectivity index (χ4v) is 4.07. The van der Waals surface area contributed by atoms with E-state index >= 15 is 0 Å². The number of hydrogen-bond acceptors (Lipinski definition) is 3. The first-order valence-electron chi connectivity index (χ1n) is 8.11. The van der Waals surface area contributed by atoms with Gasteiger partial charge in [0.1, 0.15) is 5.54 Å². The molecule has 0 aromatic rings. The summed E-state index contributed by atoms with van der Waals surface area (Å²) in [7, 11) is 0. The first-order chi connectivity index (χ1) is 9.35. The molecule has 1 aliphatic heterocycles. The van der Waals surface area contributed by atoms with Gasteiger partial charge < -0.3 is 15.7 Å². The molecule has 4 nitrogen and oxygen atoms in total. The van der Waals surface area contributed by atoms with Gasteiger partial charge in [-0.15, -0.1) is 0 Å². The van der Waals surface area contributed by atoms with E-state index in [1.807, 2.05) is 0 Å². The van der Waals surface area contributed by atoms with Crippen LogP contribution in [0.15, 0.2) is 0 Å². The maximum Gasteiger partial charge on any atom is 0.323 e. The molecule has 0 aromatic carbocycles. The fraction of sp³-hybridized carbons (Fsp3) is 0.938. The maximum atomic E-state index is 11.1.